The Bertz CT molecular complexity index is 462. The van der Waals surface area contributed by atoms with Crippen molar-refractivity contribution in [1.82, 2.24) is 10.3 Å². The predicted octanol–water partition coefficient (Wildman–Crippen LogP) is 3.43. The topological polar surface area (TPSA) is 34.1 Å². The third-order valence-corrected chi connectivity index (χ3v) is 4.39. The summed E-state index contributed by atoms with van der Waals surface area (Å²) in [5, 5.41) is 3.33. The molecule has 2 fully saturated rings. The van der Waals surface area contributed by atoms with Crippen molar-refractivity contribution in [1.29, 1.82) is 0 Å². The van der Waals surface area contributed by atoms with Gasteiger partial charge < -0.3 is 10.1 Å². The van der Waals surface area contributed by atoms with E-state index in [4.69, 9.17) is 4.74 Å². The van der Waals surface area contributed by atoms with Crippen LogP contribution in [0.1, 0.15) is 51.0 Å². The second-order valence-electron chi connectivity index (χ2n) is 6.16. The lowest BCUT2D eigenvalue weighted by Crippen LogP contribution is -2.29. The lowest BCUT2D eigenvalue weighted by atomic mass is 9.88. The van der Waals surface area contributed by atoms with Crippen LogP contribution in [0.15, 0.2) is 12.3 Å². The van der Waals surface area contributed by atoms with Gasteiger partial charge in [0.1, 0.15) is 6.10 Å². The molecule has 0 saturated heterocycles. The van der Waals surface area contributed by atoms with Crippen molar-refractivity contribution in [3.05, 3.63) is 23.6 Å². The number of pyridine rings is 1. The maximum atomic E-state index is 14.4. The minimum atomic E-state index is -0.293. The number of halogens is 1. The first-order valence-corrected chi connectivity index (χ1v) is 7.77. The molecule has 0 amide bonds. The molecule has 2 saturated carbocycles. The summed E-state index contributed by atoms with van der Waals surface area (Å²) in [5.41, 5.74) is 0.658. The number of rotatable bonds is 5. The van der Waals surface area contributed by atoms with Gasteiger partial charge in [0.05, 0.1) is 0 Å². The Hall–Kier alpha value is -1.16. The van der Waals surface area contributed by atoms with Gasteiger partial charge in [-0.25, -0.2) is 9.37 Å². The van der Waals surface area contributed by atoms with Crippen LogP contribution in [0.5, 0.6) is 5.88 Å². The van der Waals surface area contributed by atoms with Crippen LogP contribution in [0.25, 0.3) is 0 Å². The molecule has 3 rings (SSSR count). The normalized spacial score (nSPS) is 26.5. The van der Waals surface area contributed by atoms with Crippen LogP contribution in [0.4, 0.5) is 4.39 Å². The zero-order valence-electron chi connectivity index (χ0n) is 12.1. The first kappa shape index (κ1) is 13.8. The van der Waals surface area contributed by atoms with E-state index in [1.807, 2.05) is 0 Å². The molecule has 110 valence electrons. The fourth-order valence-electron chi connectivity index (χ4n) is 2.82. The maximum absolute atomic E-state index is 14.4. The van der Waals surface area contributed by atoms with Crippen molar-refractivity contribution in [2.75, 3.05) is 0 Å². The molecule has 2 aliphatic carbocycles. The van der Waals surface area contributed by atoms with Crippen molar-refractivity contribution >= 4 is 0 Å². The van der Waals surface area contributed by atoms with Crippen LogP contribution in [-0.2, 0) is 6.54 Å². The summed E-state index contributed by atoms with van der Waals surface area (Å²) < 4.78 is 20.2. The van der Waals surface area contributed by atoms with Crippen LogP contribution in [0.3, 0.4) is 0 Å². The SMILES string of the molecule is CC1CCCCC1Oc1nccc(CNC2CC2)c1F. The highest BCUT2D eigenvalue weighted by atomic mass is 19.1. The van der Waals surface area contributed by atoms with Crippen molar-refractivity contribution in [2.24, 2.45) is 5.92 Å². The van der Waals surface area contributed by atoms with E-state index >= 15 is 0 Å². The second-order valence-corrected chi connectivity index (χ2v) is 6.16. The van der Waals surface area contributed by atoms with Crippen LogP contribution >= 0.6 is 0 Å². The second kappa shape index (κ2) is 6.08. The first-order valence-electron chi connectivity index (χ1n) is 7.77. The Morgan fingerprint density at radius 3 is 2.85 bits per heavy atom. The van der Waals surface area contributed by atoms with E-state index in [-0.39, 0.29) is 17.8 Å². The molecule has 20 heavy (non-hydrogen) atoms. The highest BCUT2D eigenvalue weighted by Crippen LogP contribution is 2.29. The van der Waals surface area contributed by atoms with Crippen LogP contribution in [-0.4, -0.2) is 17.1 Å². The molecule has 1 aromatic heterocycles. The molecule has 0 aromatic carbocycles. The summed E-state index contributed by atoms with van der Waals surface area (Å²) in [5.74, 6) is 0.371. The van der Waals surface area contributed by atoms with E-state index in [9.17, 15) is 4.39 Å². The highest BCUT2D eigenvalue weighted by molar-refractivity contribution is 5.24. The van der Waals surface area contributed by atoms with Gasteiger partial charge in [0.2, 0.25) is 0 Å². The molecule has 3 nitrogen and oxygen atoms in total. The summed E-state index contributed by atoms with van der Waals surface area (Å²) in [6.07, 6.45) is 8.75. The van der Waals surface area contributed by atoms with E-state index in [0.717, 1.165) is 12.8 Å². The molecule has 1 aromatic rings. The Morgan fingerprint density at radius 2 is 2.10 bits per heavy atom. The number of nitrogens with one attached hydrogen (secondary N) is 1. The molecular formula is C16H23FN2O. The van der Waals surface area contributed by atoms with Gasteiger partial charge >= 0.3 is 0 Å². The number of nitrogens with zero attached hydrogens (tertiary/aromatic N) is 1. The third-order valence-electron chi connectivity index (χ3n) is 4.39. The predicted molar refractivity (Wildman–Crippen MR) is 76.1 cm³/mol. The van der Waals surface area contributed by atoms with E-state index in [2.05, 4.69) is 17.2 Å². The summed E-state index contributed by atoms with van der Waals surface area (Å²) in [6, 6.07) is 2.31. The Morgan fingerprint density at radius 1 is 1.30 bits per heavy atom. The number of aromatic nitrogens is 1. The average Bonchev–Trinajstić information content (AvgIpc) is 3.26. The van der Waals surface area contributed by atoms with Gasteiger partial charge in [0, 0.05) is 24.3 Å². The Balaban J connectivity index is 1.66. The minimum absolute atomic E-state index is 0.109. The molecule has 0 aliphatic heterocycles. The molecule has 0 bridgehead atoms. The van der Waals surface area contributed by atoms with Crippen molar-refractivity contribution in [3.63, 3.8) is 0 Å². The van der Waals surface area contributed by atoms with E-state index < -0.39 is 0 Å². The van der Waals surface area contributed by atoms with Gasteiger partial charge in [-0.1, -0.05) is 13.3 Å². The fraction of sp³-hybridized carbons (Fsp3) is 0.688. The summed E-state index contributed by atoms with van der Waals surface area (Å²) in [6.45, 7) is 2.75. The quantitative estimate of drug-likeness (QED) is 0.896. The van der Waals surface area contributed by atoms with E-state index in [0.29, 0.717) is 24.1 Å². The summed E-state index contributed by atoms with van der Waals surface area (Å²) >= 11 is 0. The zero-order chi connectivity index (χ0) is 13.9. The van der Waals surface area contributed by atoms with Gasteiger partial charge in [-0.2, -0.15) is 0 Å². The highest BCUT2D eigenvalue weighted by Gasteiger charge is 2.25. The number of hydrogen-bond donors (Lipinski definition) is 1. The lowest BCUT2D eigenvalue weighted by molar-refractivity contribution is 0.0924. The minimum Gasteiger partial charge on any atom is -0.472 e. The van der Waals surface area contributed by atoms with E-state index in [1.54, 1.807) is 12.3 Å². The average molecular weight is 278 g/mol. The fourth-order valence-corrected chi connectivity index (χ4v) is 2.82. The molecular weight excluding hydrogens is 255 g/mol. The van der Waals surface area contributed by atoms with Crippen LogP contribution in [0.2, 0.25) is 0 Å². The smallest absolute Gasteiger partial charge is 0.250 e. The van der Waals surface area contributed by atoms with Crippen molar-refractivity contribution < 1.29 is 9.13 Å². The maximum Gasteiger partial charge on any atom is 0.250 e. The summed E-state index contributed by atoms with van der Waals surface area (Å²) in [4.78, 5) is 4.09. The number of hydrogen-bond acceptors (Lipinski definition) is 3. The van der Waals surface area contributed by atoms with Crippen LogP contribution < -0.4 is 10.1 Å². The standard InChI is InChI=1S/C16H23FN2O/c1-11-4-2-3-5-14(11)20-16-15(17)12(8-9-18-16)10-19-13-6-7-13/h8-9,11,13-14,19H,2-7,10H2,1H3. The zero-order valence-corrected chi connectivity index (χ0v) is 12.1. The molecule has 1 N–H and O–H groups in total. The molecule has 2 aliphatic rings. The molecule has 0 spiro atoms. The van der Waals surface area contributed by atoms with Gasteiger partial charge in [0.15, 0.2) is 5.82 Å². The first-order chi connectivity index (χ1) is 9.74. The summed E-state index contributed by atoms with van der Waals surface area (Å²) in [7, 11) is 0. The molecule has 4 heteroatoms. The van der Waals surface area contributed by atoms with Gasteiger partial charge in [-0.05, 0) is 44.1 Å². The largest absolute Gasteiger partial charge is 0.472 e. The third kappa shape index (κ3) is 3.29. The lowest BCUT2D eigenvalue weighted by Gasteiger charge is -2.29. The number of ether oxygens (including phenoxy) is 1. The molecule has 2 atom stereocenters. The Kier molecular flexibility index (Phi) is 4.20. The van der Waals surface area contributed by atoms with Gasteiger partial charge in [-0.3, -0.25) is 0 Å². The molecule has 2 unspecified atom stereocenters. The van der Waals surface area contributed by atoms with Gasteiger partial charge in [-0.15, -0.1) is 0 Å². The Labute approximate surface area is 119 Å². The molecule has 1 heterocycles. The van der Waals surface area contributed by atoms with Crippen molar-refractivity contribution in [3.8, 4) is 5.88 Å². The van der Waals surface area contributed by atoms with Crippen molar-refractivity contribution in [2.45, 2.75) is 64.1 Å². The van der Waals surface area contributed by atoms with Gasteiger partial charge in [0.25, 0.3) is 5.88 Å². The molecule has 0 radical (unpaired) electrons. The van der Waals surface area contributed by atoms with E-state index in [1.165, 1.54) is 25.7 Å². The monoisotopic (exact) mass is 278 g/mol. The van der Waals surface area contributed by atoms with Crippen LogP contribution in [0, 0.1) is 11.7 Å².